The van der Waals surface area contributed by atoms with Gasteiger partial charge in [0.15, 0.2) is 0 Å². The summed E-state index contributed by atoms with van der Waals surface area (Å²) < 4.78 is 0. The van der Waals surface area contributed by atoms with Crippen LogP contribution in [-0.2, 0) is 0 Å². The minimum absolute atomic E-state index is 0.254. The summed E-state index contributed by atoms with van der Waals surface area (Å²) in [5.74, 6) is 0.324. The van der Waals surface area contributed by atoms with Crippen LogP contribution in [0.2, 0.25) is 0 Å². The molecular formula is C11H13N3O. The van der Waals surface area contributed by atoms with Crippen LogP contribution in [-0.4, -0.2) is 16.6 Å². The molecule has 0 unspecified atom stereocenters. The number of hydrazone groups is 1. The first-order valence-electron chi connectivity index (χ1n) is 5.03. The normalized spacial score (nSPS) is 16.2. The molecule has 0 radical (unpaired) electrons. The highest BCUT2D eigenvalue weighted by molar-refractivity contribution is 5.94. The highest BCUT2D eigenvalue weighted by atomic mass is 16.2. The molecule has 1 amide bonds. The fourth-order valence-corrected chi connectivity index (χ4v) is 1.29. The minimum Gasteiger partial charge on any atom is -0.266 e. The number of amides is 1. The molecule has 2 rings (SSSR count). The summed E-state index contributed by atoms with van der Waals surface area (Å²) >= 11 is 0. The van der Waals surface area contributed by atoms with Crippen molar-refractivity contribution >= 4 is 11.6 Å². The Hall–Kier alpha value is -1.71. The molecule has 15 heavy (non-hydrogen) atoms. The fourth-order valence-electron chi connectivity index (χ4n) is 1.29. The monoisotopic (exact) mass is 203 g/mol. The number of hydrogen-bond acceptors (Lipinski definition) is 3. The second-order valence-electron chi connectivity index (χ2n) is 3.68. The first-order valence-corrected chi connectivity index (χ1v) is 5.03. The third-order valence-electron chi connectivity index (χ3n) is 2.40. The van der Waals surface area contributed by atoms with Gasteiger partial charge in [-0.25, -0.2) is 5.43 Å². The Kier molecular flexibility index (Phi) is 2.76. The number of carbonyl (C=O) groups is 1. The molecule has 0 bridgehead atoms. The molecule has 78 valence electrons. The summed E-state index contributed by atoms with van der Waals surface area (Å²) in [6.07, 6.45) is 3.97. The summed E-state index contributed by atoms with van der Waals surface area (Å²) in [7, 11) is 0. The van der Waals surface area contributed by atoms with Crippen LogP contribution in [0.1, 0.15) is 30.3 Å². The molecule has 0 spiro atoms. The molecule has 1 aromatic rings. The third kappa shape index (κ3) is 2.62. The lowest BCUT2D eigenvalue weighted by Crippen LogP contribution is -2.20. The van der Waals surface area contributed by atoms with E-state index in [1.54, 1.807) is 24.4 Å². The molecule has 4 nitrogen and oxygen atoms in total. The van der Waals surface area contributed by atoms with Crippen molar-refractivity contribution in [2.75, 3.05) is 0 Å². The lowest BCUT2D eigenvalue weighted by molar-refractivity contribution is 0.0949. The number of nitrogens with one attached hydrogen (secondary N) is 1. The lowest BCUT2D eigenvalue weighted by Gasteiger charge is -2.00. The topological polar surface area (TPSA) is 54.4 Å². The fraction of sp³-hybridized carbons (Fsp3) is 0.364. The van der Waals surface area contributed by atoms with Crippen molar-refractivity contribution in [3.8, 4) is 0 Å². The smallest absolute Gasteiger partial charge is 0.266 e. The highest BCUT2D eigenvalue weighted by Crippen LogP contribution is 2.30. The number of carbonyl (C=O) groups excluding carboxylic acids is 1. The van der Waals surface area contributed by atoms with Gasteiger partial charge in [0.25, 0.3) is 5.91 Å². The molecule has 0 aromatic carbocycles. The van der Waals surface area contributed by atoms with E-state index in [9.17, 15) is 4.79 Å². The predicted molar refractivity (Wildman–Crippen MR) is 57.5 cm³/mol. The van der Waals surface area contributed by atoms with Gasteiger partial charge in [0.1, 0.15) is 5.69 Å². The van der Waals surface area contributed by atoms with Crippen LogP contribution in [0.25, 0.3) is 0 Å². The van der Waals surface area contributed by atoms with Gasteiger partial charge in [0, 0.05) is 11.9 Å². The Bertz CT molecular complexity index is 382. The van der Waals surface area contributed by atoms with Crippen LogP contribution in [0, 0.1) is 5.92 Å². The number of nitrogens with zero attached hydrogens (tertiary/aromatic N) is 2. The van der Waals surface area contributed by atoms with Crippen LogP contribution < -0.4 is 5.43 Å². The third-order valence-corrected chi connectivity index (χ3v) is 2.40. The lowest BCUT2D eigenvalue weighted by atomic mass is 10.3. The molecule has 1 aliphatic rings. The van der Waals surface area contributed by atoms with E-state index in [-0.39, 0.29) is 5.91 Å². The zero-order valence-corrected chi connectivity index (χ0v) is 8.60. The summed E-state index contributed by atoms with van der Waals surface area (Å²) in [4.78, 5) is 15.4. The first-order chi connectivity index (χ1) is 7.27. The molecular weight excluding hydrogens is 190 g/mol. The van der Waals surface area contributed by atoms with E-state index in [1.807, 2.05) is 6.92 Å². The van der Waals surface area contributed by atoms with Crippen molar-refractivity contribution in [1.82, 2.24) is 10.4 Å². The predicted octanol–water partition coefficient (Wildman–Crippen LogP) is 1.60. The minimum atomic E-state index is -0.254. The average molecular weight is 203 g/mol. The quantitative estimate of drug-likeness (QED) is 0.599. The van der Waals surface area contributed by atoms with Gasteiger partial charge < -0.3 is 0 Å². The zero-order valence-electron chi connectivity index (χ0n) is 8.60. The molecule has 1 aliphatic carbocycles. The SMILES string of the molecule is CC(=NNC(=O)c1ccccn1)C1CC1. The van der Waals surface area contributed by atoms with E-state index in [4.69, 9.17) is 0 Å². The number of rotatable bonds is 3. The number of hydrogen-bond donors (Lipinski definition) is 1. The van der Waals surface area contributed by atoms with Gasteiger partial charge in [-0.05, 0) is 37.8 Å². The van der Waals surface area contributed by atoms with Crippen molar-refractivity contribution in [3.05, 3.63) is 30.1 Å². The molecule has 0 saturated heterocycles. The van der Waals surface area contributed by atoms with Gasteiger partial charge in [0.2, 0.25) is 0 Å². The summed E-state index contributed by atoms with van der Waals surface area (Å²) in [6, 6.07) is 5.21. The van der Waals surface area contributed by atoms with Crippen LogP contribution in [0.5, 0.6) is 0 Å². The Labute approximate surface area is 88.4 Å². The van der Waals surface area contributed by atoms with Crippen molar-refractivity contribution in [2.24, 2.45) is 11.0 Å². The molecule has 1 fully saturated rings. The van der Waals surface area contributed by atoms with Gasteiger partial charge in [-0.15, -0.1) is 0 Å². The van der Waals surface area contributed by atoms with Crippen LogP contribution in [0.15, 0.2) is 29.5 Å². The van der Waals surface area contributed by atoms with Crippen LogP contribution >= 0.6 is 0 Å². The van der Waals surface area contributed by atoms with Gasteiger partial charge in [0.05, 0.1) is 0 Å². The Morgan fingerprint density at radius 2 is 2.33 bits per heavy atom. The van der Waals surface area contributed by atoms with Gasteiger partial charge in [-0.3, -0.25) is 9.78 Å². The maximum Gasteiger partial charge on any atom is 0.289 e. The standard InChI is InChI=1S/C11H13N3O/c1-8(9-5-6-9)13-14-11(15)10-4-2-3-7-12-10/h2-4,7,9H,5-6H2,1H3,(H,14,15). The first kappa shape index (κ1) is 9.83. The molecule has 0 atom stereocenters. The van der Waals surface area contributed by atoms with Crippen molar-refractivity contribution in [1.29, 1.82) is 0 Å². The van der Waals surface area contributed by atoms with Crippen molar-refractivity contribution < 1.29 is 4.79 Å². The molecule has 4 heteroatoms. The maximum atomic E-state index is 11.5. The Morgan fingerprint density at radius 1 is 1.53 bits per heavy atom. The summed E-state index contributed by atoms with van der Waals surface area (Å²) in [5, 5.41) is 4.04. The Morgan fingerprint density at radius 3 is 2.93 bits per heavy atom. The second-order valence-corrected chi connectivity index (χ2v) is 3.68. The maximum absolute atomic E-state index is 11.5. The summed E-state index contributed by atoms with van der Waals surface area (Å²) in [6.45, 7) is 1.94. The van der Waals surface area contributed by atoms with E-state index in [1.165, 1.54) is 12.8 Å². The van der Waals surface area contributed by atoms with E-state index in [0.29, 0.717) is 11.6 Å². The Balaban J connectivity index is 1.95. The van der Waals surface area contributed by atoms with E-state index in [2.05, 4.69) is 15.5 Å². The van der Waals surface area contributed by atoms with Crippen molar-refractivity contribution in [2.45, 2.75) is 19.8 Å². The molecule has 1 heterocycles. The molecule has 1 saturated carbocycles. The highest BCUT2D eigenvalue weighted by Gasteiger charge is 2.24. The zero-order chi connectivity index (χ0) is 10.7. The molecule has 0 aliphatic heterocycles. The number of aromatic nitrogens is 1. The van der Waals surface area contributed by atoms with Crippen LogP contribution in [0.3, 0.4) is 0 Å². The van der Waals surface area contributed by atoms with E-state index < -0.39 is 0 Å². The average Bonchev–Trinajstić information content (AvgIpc) is 3.10. The number of pyridine rings is 1. The largest absolute Gasteiger partial charge is 0.289 e. The second kappa shape index (κ2) is 4.21. The van der Waals surface area contributed by atoms with Crippen molar-refractivity contribution in [3.63, 3.8) is 0 Å². The summed E-state index contributed by atoms with van der Waals surface area (Å²) in [5.41, 5.74) is 3.90. The van der Waals surface area contributed by atoms with Crippen LogP contribution in [0.4, 0.5) is 0 Å². The molecule has 1 N–H and O–H groups in total. The van der Waals surface area contributed by atoms with Gasteiger partial charge in [-0.1, -0.05) is 6.07 Å². The molecule has 1 aromatic heterocycles. The van der Waals surface area contributed by atoms with E-state index >= 15 is 0 Å². The van der Waals surface area contributed by atoms with Gasteiger partial charge >= 0.3 is 0 Å². The van der Waals surface area contributed by atoms with E-state index in [0.717, 1.165) is 5.71 Å². The van der Waals surface area contributed by atoms with Gasteiger partial charge in [-0.2, -0.15) is 5.10 Å².